The fourth-order valence-corrected chi connectivity index (χ4v) is 6.08. The van der Waals surface area contributed by atoms with Gasteiger partial charge in [-0.05, 0) is 67.1 Å². The van der Waals surface area contributed by atoms with E-state index >= 15 is 0 Å². The molecule has 2 aliphatic heterocycles. The summed E-state index contributed by atoms with van der Waals surface area (Å²) in [6, 6.07) is 18.1. The minimum Gasteiger partial charge on any atom is -0.486 e. The van der Waals surface area contributed by atoms with Crippen LogP contribution in [0.1, 0.15) is 70.3 Å². The maximum absolute atomic E-state index is 13.7. The summed E-state index contributed by atoms with van der Waals surface area (Å²) in [6.45, 7) is 5.27. The Balaban J connectivity index is 1.22. The molecule has 204 valence electrons. The van der Waals surface area contributed by atoms with Crippen molar-refractivity contribution in [1.29, 1.82) is 0 Å². The van der Waals surface area contributed by atoms with E-state index in [0.717, 1.165) is 55.5 Å². The van der Waals surface area contributed by atoms with Gasteiger partial charge in [-0.25, -0.2) is 0 Å². The molecule has 2 amide bonds. The van der Waals surface area contributed by atoms with Crippen LogP contribution >= 0.6 is 0 Å². The number of hydrogen-bond donors (Lipinski definition) is 0. The highest BCUT2D eigenvalue weighted by Gasteiger charge is 2.36. The first-order valence-electron chi connectivity index (χ1n) is 14.2. The minimum atomic E-state index is -0.132. The van der Waals surface area contributed by atoms with E-state index in [1.54, 1.807) is 17.0 Å². The first-order valence-corrected chi connectivity index (χ1v) is 14.2. The second kappa shape index (κ2) is 11.3. The maximum Gasteiger partial charge on any atom is 0.289 e. The zero-order chi connectivity index (χ0) is 26.8. The molecule has 1 atom stereocenters. The Morgan fingerprint density at radius 3 is 2.49 bits per heavy atom. The summed E-state index contributed by atoms with van der Waals surface area (Å²) in [5.74, 6) is 1.93. The number of furan rings is 1. The topological polar surface area (TPSA) is 72.2 Å². The number of carbonyl (C=O) groups is 2. The van der Waals surface area contributed by atoms with E-state index in [4.69, 9.17) is 13.9 Å². The molecule has 0 unspecified atom stereocenters. The van der Waals surface area contributed by atoms with Crippen LogP contribution in [0.25, 0.3) is 0 Å². The van der Waals surface area contributed by atoms with Crippen LogP contribution in [0.15, 0.2) is 59.0 Å². The van der Waals surface area contributed by atoms with Crippen LogP contribution < -0.4 is 4.74 Å². The molecule has 2 fully saturated rings. The van der Waals surface area contributed by atoms with Crippen molar-refractivity contribution in [3.05, 3.63) is 88.4 Å². The van der Waals surface area contributed by atoms with Crippen molar-refractivity contribution in [1.82, 2.24) is 9.80 Å². The van der Waals surface area contributed by atoms with Gasteiger partial charge in [0, 0.05) is 25.6 Å². The molecule has 0 spiro atoms. The van der Waals surface area contributed by atoms with Crippen LogP contribution in [0.4, 0.5) is 0 Å². The lowest BCUT2D eigenvalue weighted by molar-refractivity contribution is -0.137. The quantitative estimate of drug-likeness (QED) is 0.434. The molecule has 7 nitrogen and oxygen atoms in total. The van der Waals surface area contributed by atoms with Gasteiger partial charge in [-0.3, -0.25) is 9.59 Å². The van der Waals surface area contributed by atoms with Crippen LogP contribution in [-0.2, 0) is 22.6 Å². The summed E-state index contributed by atoms with van der Waals surface area (Å²) >= 11 is 0. The molecule has 3 heterocycles. The third-order valence-electron chi connectivity index (χ3n) is 8.28. The standard InChI is InChI=1S/C32H36N2O5/c1-22-6-8-24(9-7-22)30-28-20-26(11-10-23(28)14-15-34(30)31(35)25-4-2-3-5-25)38-21-27-12-13-29(39-27)32(36)33-16-18-37-19-17-33/h6-13,20,25,30H,2-5,14-19,21H2,1H3/t30-/m1/s1. The van der Waals surface area contributed by atoms with Gasteiger partial charge in [0.2, 0.25) is 5.91 Å². The predicted molar refractivity (Wildman–Crippen MR) is 147 cm³/mol. The summed E-state index contributed by atoms with van der Waals surface area (Å²) in [5, 5.41) is 0. The fourth-order valence-electron chi connectivity index (χ4n) is 6.08. The number of ether oxygens (including phenoxy) is 2. The molecule has 1 aliphatic carbocycles. The van der Waals surface area contributed by atoms with Crippen molar-refractivity contribution in [2.24, 2.45) is 5.92 Å². The third kappa shape index (κ3) is 5.46. The van der Waals surface area contributed by atoms with Crippen molar-refractivity contribution in [2.45, 2.75) is 51.7 Å². The molecular formula is C32H36N2O5. The van der Waals surface area contributed by atoms with Crippen LogP contribution in [0, 0.1) is 12.8 Å². The molecule has 2 aromatic carbocycles. The van der Waals surface area contributed by atoms with Crippen molar-refractivity contribution in [2.75, 3.05) is 32.8 Å². The minimum absolute atomic E-state index is 0.119. The number of fused-ring (bicyclic) bond motifs is 1. The van der Waals surface area contributed by atoms with E-state index in [-0.39, 0.29) is 30.4 Å². The lowest BCUT2D eigenvalue weighted by Gasteiger charge is -2.39. The van der Waals surface area contributed by atoms with Gasteiger partial charge in [0.1, 0.15) is 18.1 Å². The second-order valence-electron chi connectivity index (χ2n) is 10.9. The third-order valence-corrected chi connectivity index (χ3v) is 8.28. The van der Waals surface area contributed by atoms with E-state index in [2.05, 4.69) is 48.2 Å². The van der Waals surface area contributed by atoms with E-state index in [9.17, 15) is 9.59 Å². The lowest BCUT2D eigenvalue weighted by atomic mass is 9.86. The zero-order valence-corrected chi connectivity index (χ0v) is 22.6. The zero-order valence-electron chi connectivity index (χ0n) is 22.6. The molecule has 0 radical (unpaired) electrons. The number of amides is 2. The molecule has 7 heteroatoms. The Morgan fingerprint density at radius 2 is 1.72 bits per heavy atom. The monoisotopic (exact) mass is 528 g/mol. The number of carbonyl (C=O) groups excluding carboxylic acids is 2. The molecule has 0 bridgehead atoms. The average molecular weight is 529 g/mol. The first-order chi connectivity index (χ1) is 19.1. The van der Waals surface area contributed by atoms with E-state index in [0.29, 0.717) is 37.8 Å². The van der Waals surface area contributed by atoms with Gasteiger partial charge < -0.3 is 23.7 Å². The van der Waals surface area contributed by atoms with Gasteiger partial charge in [0.25, 0.3) is 5.91 Å². The number of nitrogens with zero attached hydrogens (tertiary/aromatic N) is 2. The van der Waals surface area contributed by atoms with Gasteiger partial charge >= 0.3 is 0 Å². The van der Waals surface area contributed by atoms with Gasteiger partial charge in [-0.15, -0.1) is 0 Å². The Bertz CT molecular complexity index is 1320. The smallest absolute Gasteiger partial charge is 0.289 e. The van der Waals surface area contributed by atoms with Crippen LogP contribution in [0.3, 0.4) is 0 Å². The van der Waals surface area contributed by atoms with Gasteiger partial charge in [-0.2, -0.15) is 0 Å². The highest BCUT2D eigenvalue weighted by atomic mass is 16.5. The van der Waals surface area contributed by atoms with Crippen molar-refractivity contribution >= 4 is 11.8 Å². The largest absolute Gasteiger partial charge is 0.486 e. The van der Waals surface area contributed by atoms with Crippen LogP contribution in [0.2, 0.25) is 0 Å². The van der Waals surface area contributed by atoms with E-state index < -0.39 is 0 Å². The predicted octanol–water partition coefficient (Wildman–Crippen LogP) is 5.30. The molecule has 1 saturated heterocycles. The first kappa shape index (κ1) is 25.7. The highest BCUT2D eigenvalue weighted by molar-refractivity contribution is 5.91. The molecule has 6 rings (SSSR count). The molecule has 3 aliphatic rings. The molecule has 0 N–H and O–H groups in total. The molecule has 1 aromatic heterocycles. The summed E-state index contributed by atoms with van der Waals surface area (Å²) in [7, 11) is 0. The van der Waals surface area contributed by atoms with Crippen molar-refractivity contribution < 1.29 is 23.5 Å². The SMILES string of the molecule is Cc1ccc([C@@H]2c3cc(OCc4ccc(C(=O)N5CCOCC5)o4)ccc3CCN2C(=O)C2CCCC2)cc1. The van der Waals surface area contributed by atoms with E-state index in [1.165, 1.54) is 11.1 Å². The number of aryl methyl sites for hydroxylation is 1. The summed E-state index contributed by atoms with van der Waals surface area (Å²) < 4.78 is 17.3. The Kier molecular flexibility index (Phi) is 7.42. The lowest BCUT2D eigenvalue weighted by Crippen LogP contribution is -2.43. The summed E-state index contributed by atoms with van der Waals surface area (Å²) in [5.41, 5.74) is 4.70. The average Bonchev–Trinajstić information content (AvgIpc) is 3.69. The number of hydrogen-bond acceptors (Lipinski definition) is 5. The number of morpholine rings is 1. The number of benzene rings is 2. The summed E-state index contributed by atoms with van der Waals surface area (Å²) in [4.78, 5) is 30.2. The second-order valence-corrected chi connectivity index (χ2v) is 10.9. The van der Waals surface area contributed by atoms with Crippen LogP contribution in [0.5, 0.6) is 5.75 Å². The number of rotatable bonds is 6. The molecule has 39 heavy (non-hydrogen) atoms. The Labute approximate surface area is 229 Å². The normalized spacial score (nSPS) is 19.7. The van der Waals surface area contributed by atoms with Gasteiger partial charge in [0.15, 0.2) is 5.76 Å². The van der Waals surface area contributed by atoms with Crippen molar-refractivity contribution in [3.63, 3.8) is 0 Å². The Hall–Kier alpha value is -3.58. The van der Waals surface area contributed by atoms with E-state index in [1.807, 2.05) is 6.07 Å². The molecular weight excluding hydrogens is 492 g/mol. The maximum atomic E-state index is 13.7. The fraction of sp³-hybridized carbons (Fsp3) is 0.438. The molecule has 1 saturated carbocycles. The summed E-state index contributed by atoms with van der Waals surface area (Å²) in [6.07, 6.45) is 5.10. The molecule has 3 aromatic rings. The van der Waals surface area contributed by atoms with Crippen molar-refractivity contribution in [3.8, 4) is 5.75 Å². The van der Waals surface area contributed by atoms with Gasteiger partial charge in [-0.1, -0.05) is 48.7 Å². The van der Waals surface area contributed by atoms with Gasteiger partial charge in [0.05, 0.1) is 19.3 Å². The highest BCUT2D eigenvalue weighted by Crippen LogP contribution is 2.40. The Morgan fingerprint density at radius 1 is 0.949 bits per heavy atom. The van der Waals surface area contributed by atoms with Crippen LogP contribution in [-0.4, -0.2) is 54.5 Å².